The second-order valence-electron chi connectivity index (χ2n) is 7.13. The van der Waals surface area contributed by atoms with E-state index in [2.05, 4.69) is 43.3 Å². The maximum absolute atomic E-state index is 14.2. The Morgan fingerprint density at radius 1 is 0.960 bits per heavy atom. The Balaban J connectivity index is 1.66. The van der Waals surface area contributed by atoms with Crippen molar-refractivity contribution < 1.29 is 8.78 Å². The molecule has 0 aliphatic heterocycles. The highest BCUT2D eigenvalue weighted by molar-refractivity contribution is 5.84. The van der Waals surface area contributed by atoms with Crippen LogP contribution in [0.3, 0.4) is 0 Å². The topological polar surface area (TPSA) is 0 Å². The van der Waals surface area contributed by atoms with E-state index in [1.165, 1.54) is 28.0 Å². The molecule has 1 aliphatic rings. The predicted octanol–water partition coefficient (Wildman–Crippen LogP) is 6.34. The van der Waals surface area contributed by atoms with E-state index in [1.54, 1.807) is 6.07 Å². The summed E-state index contributed by atoms with van der Waals surface area (Å²) in [5.41, 5.74) is 4.12. The SMILES string of the molecule is CCCc1ccc2cc(C3CCc4ccc(F)c(F)c4C3)ccc2c1. The van der Waals surface area contributed by atoms with Crippen molar-refractivity contribution in [3.05, 3.63) is 82.4 Å². The van der Waals surface area contributed by atoms with Crippen molar-refractivity contribution >= 4 is 10.8 Å². The van der Waals surface area contributed by atoms with Gasteiger partial charge in [0.05, 0.1) is 0 Å². The fraction of sp³-hybridized carbons (Fsp3) is 0.304. The van der Waals surface area contributed by atoms with Crippen LogP contribution in [0.15, 0.2) is 48.5 Å². The van der Waals surface area contributed by atoms with Gasteiger partial charge in [-0.2, -0.15) is 0 Å². The van der Waals surface area contributed by atoms with Gasteiger partial charge in [0.1, 0.15) is 0 Å². The Labute approximate surface area is 147 Å². The molecule has 1 atom stereocenters. The highest BCUT2D eigenvalue weighted by Gasteiger charge is 2.24. The summed E-state index contributed by atoms with van der Waals surface area (Å²) in [5.74, 6) is -1.14. The van der Waals surface area contributed by atoms with Crippen molar-refractivity contribution in [2.75, 3.05) is 0 Å². The van der Waals surface area contributed by atoms with Gasteiger partial charge < -0.3 is 0 Å². The van der Waals surface area contributed by atoms with Crippen molar-refractivity contribution in [1.29, 1.82) is 0 Å². The van der Waals surface area contributed by atoms with E-state index in [0.717, 1.165) is 31.2 Å². The lowest BCUT2D eigenvalue weighted by Crippen LogP contribution is -2.15. The molecular weight excluding hydrogens is 314 g/mol. The van der Waals surface area contributed by atoms with Crippen LogP contribution in [-0.4, -0.2) is 0 Å². The van der Waals surface area contributed by atoms with Gasteiger partial charge in [-0.25, -0.2) is 8.78 Å². The van der Waals surface area contributed by atoms with Crippen LogP contribution in [0.25, 0.3) is 10.8 Å². The molecule has 0 saturated heterocycles. The summed E-state index contributed by atoms with van der Waals surface area (Å²) >= 11 is 0. The number of hydrogen-bond donors (Lipinski definition) is 0. The van der Waals surface area contributed by atoms with Gasteiger partial charge >= 0.3 is 0 Å². The molecule has 0 N–H and O–H groups in total. The highest BCUT2D eigenvalue weighted by Crippen LogP contribution is 2.35. The van der Waals surface area contributed by atoms with E-state index < -0.39 is 11.6 Å². The molecule has 1 aliphatic carbocycles. The van der Waals surface area contributed by atoms with Crippen LogP contribution in [0.1, 0.15) is 47.9 Å². The van der Waals surface area contributed by atoms with E-state index in [0.29, 0.717) is 12.0 Å². The summed E-state index contributed by atoms with van der Waals surface area (Å²) in [5, 5.41) is 2.48. The van der Waals surface area contributed by atoms with Gasteiger partial charge in [-0.1, -0.05) is 55.8 Å². The van der Waals surface area contributed by atoms with Crippen molar-refractivity contribution in [2.24, 2.45) is 0 Å². The standard InChI is InChI=1S/C23H22F2/c1-2-3-15-4-5-18-13-19(9-8-17(18)12-15)20-7-6-16-10-11-22(24)23(25)21(16)14-20/h4-5,8-13,20H,2-3,6-7,14H2,1H3. The quantitative estimate of drug-likeness (QED) is 0.523. The van der Waals surface area contributed by atoms with Crippen molar-refractivity contribution in [3.63, 3.8) is 0 Å². The molecule has 0 heterocycles. The summed E-state index contributed by atoms with van der Waals surface area (Å²) in [7, 11) is 0. The maximum atomic E-state index is 14.2. The van der Waals surface area contributed by atoms with Gasteiger partial charge in [-0.3, -0.25) is 0 Å². The lowest BCUT2D eigenvalue weighted by atomic mass is 9.79. The third-order valence-electron chi connectivity index (χ3n) is 5.44. The van der Waals surface area contributed by atoms with E-state index in [9.17, 15) is 8.78 Å². The molecular formula is C23H22F2. The molecule has 2 heteroatoms. The largest absolute Gasteiger partial charge is 0.204 e. The molecule has 3 aromatic carbocycles. The number of hydrogen-bond acceptors (Lipinski definition) is 0. The maximum Gasteiger partial charge on any atom is 0.162 e. The average molecular weight is 336 g/mol. The highest BCUT2D eigenvalue weighted by atomic mass is 19.2. The number of rotatable bonds is 3. The zero-order valence-electron chi connectivity index (χ0n) is 14.5. The molecule has 3 aromatic rings. The molecule has 0 aromatic heterocycles. The molecule has 0 nitrogen and oxygen atoms in total. The average Bonchev–Trinajstić information content (AvgIpc) is 2.64. The van der Waals surface area contributed by atoms with Crippen LogP contribution in [0, 0.1) is 11.6 Å². The normalized spacial score (nSPS) is 16.8. The van der Waals surface area contributed by atoms with Gasteiger partial charge in [0.15, 0.2) is 11.6 Å². The molecule has 0 saturated carbocycles. The molecule has 0 bridgehead atoms. The van der Waals surface area contributed by atoms with Crippen LogP contribution in [0.5, 0.6) is 0 Å². The van der Waals surface area contributed by atoms with E-state index in [-0.39, 0.29) is 5.92 Å². The second kappa shape index (κ2) is 6.59. The first-order valence-electron chi connectivity index (χ1n) is 9.14. The number of halogens is 2. The Kier molecular flexibility index (Phi) is 4.29. The summed E-state index contributed by atoms with van der Waals surface area (Å²) < 4.78 is 27.7. The van der Waals surface area contributed by atoms with Gasteiger partial charge in [0.25, 0.3) is 0 Å². The third kappa shape index (κ3) is 3.06. The van der Waals surface area contributed by atoms with Crippen molar-refractivity contribution in [3.8, 4) is 0 Å². The molecule has 0 amide bonds. The summed E-state index contributed by atoms with van der Waals surface area (Å²) in [6.07, 6.45) is 4.62. The first-order chi connectivity index (χ1) is 12.2. The van der Waals surface area contributed by atoms with Crippen molar-refractivity contribution in [2.45, 2.75) is 44.9 Å². The lowest BCUT2D eigenvalue weighted by Gasteiger charge is -2.25. The Hall–Kier alpha value is -2.22. The number of benzene rings is 3. The van der Waals surface area contributed by atoms with Gasteiger partial charge in [0.2, 0.25) is 0 Å². The molecule has 1 unspecified atom stereocenters. The van der Waals surface area contributed by atoms with E-state index in [1.807, 2.05) is 0 Å². The fourth-order valence-electron chi connectivity index (χ4n) is 4.06. The Morgan fingerprint density at radius 2 is 1.76 bits per heavy atom. The Morgan fingerprint density at radius 3 is 2.60 bits per heavy atom. The smallest absolute Gasteiger partial charge is 0.162 e. The summed E-state index contributed by atoms with van der Waals surface area (Å²) in [4.78, 5) is 0. The van der Waals surface area contributed by atoms with Gasteiger partial charge in [0, 0.05) is 0 Å². The van der Waals surface area contributed by atoms with Crippen LogP contribution in [-0.2, 0) is 19.3 Å². The number of aryl methyl sites for hydroxylation is 2. The monoisotopic (exact) mass is 336 g/mol. The van der Waals surface area contributed by atoms with Crippen LogP contribution < -0.4 is 0 Å². The van der Waals surface area contributed by atoms with E-state index in [4.69, 9.17) is 0 Å². The van der Waals surface area contributed by atoms with Gasteiger partial charge in [-0.15, -0.1) is 0 Å². The zero-order valence-corrected chi connectivity index (χ0v) is 14.5. The fourth-order valence-corrected chi connectivity index (χ4v) is 4.06. The van der Waals surface area contributed by atoms with Crippen LogP contribution in [0.4, 0.5) is 8.78 Å². The summed E-state index contributed by atoms with van der Waals surface area (Å²) in [6, 6.07) is 16.2. The predicted molar refractivity (Wildman–Crippen MR) is 99.1 cm³/mol. The number of fused-ring (bicyclic) bond motifs is 2. The molecule has 0 fully saturated rings. The second-order valence-corrected chi connectivity index (χ2v) is 7.13. The molecule has 128 valence electrons. The third-order valence-corrected chi connectivity index (χ3v) is 5.44. The first-order valence-corrected chi connectivity index (χ1v) is 9.14. The minimum atomic E-state index is -0.735. The first kappa shape index (κ1) is 16.3. The van der Waals surface area contributed by atoms with Gasteiger partial charge in [-0.05, 0) is 70.7 Å². The minimum Gasteiger partial charge on any atom is -0.204 e. The molecule has 0 radical (unpaired) electrons. The molecule has 0 spiro atoms. The molecule has 25 heavy (non-hydrogen) atoms. The van der Waals surface area contributed by atoms with Crippen LogP contribution in [0.2, 0.25) is 0 Å². The van der Waals surface area contributed by atoms with Crippen LogP contribution >= 0.6 is 0 Å². The van der Waals surface area contributed by atoms with Crippen molar-refractivity contribution in [1.82, 2.24) is 0 Å². The summed E-state index contributed by atoms with van der Waals surface area (Å²) in [6.45, 7) is 2.19. The minimum absolute atomic E-state index is 0.253. The van der Waals surface area contributed by atoms with E-state index >= 15 is 0 Å². The lowest BCUT2D eigenvalue weighted by molar-refractivity contribution is 0.476. The Bertz CT molecular complexity index is 927. The zero-order chi connectivity index (χ0) is 17.4. The molecule has 4 rings (SSSR count).